The van der Waals surface area contributed by atoms with Crippen LogP contribution < -0.4 is 0 Å². The van der Waals surface area contributed by atoms with E-state index in [4.69, 9.17) is 4.74 Å². The molecule has 0 unspecified atom stereocenters. The van der Waals surface area contributed by atoms with E-state index in [9.17, 15) is 4.79 Å². The van der Waals surface area contributed by atoms with Crippen LogP contribution in [-0.2, 0) is 4.74 Å². The summed E-state index contributed by atoms with van der Waals surface area (Å²) in [7, 11) is 0. The molecule has 0 bridgehead atoms. The highest BCUT2D eigenvalue weighted by Crippen LogP contribution is 2.30. The Kier molecular flexibility index (Phi) is 5.43. The molecule has 0 aliphatic rings. The topological polar surface area (TPSA) is 52.1 Å². The van der Waals surface area contributed by atoms with Gasteiger partial charge in [0.25, 0.3) is 0 Å². The Morgan fingerprint density at radius 2 is 2.05 bits per heavy atom. The van der Waals surface area contributed by atoms with Crippen LogP contribution in [0.15, 0.2) is 51.5 Å². The van der Waals surface area contributed by atoms with Gasteiger partial charge in [-0.15, -0.1) is 0 Å². The molecule has 104 valence electrons. The number of aromatic nitrogens is 2. The maximum absolute atomic E-state index is 12.0. The summed E-state index contributed by atoms with van der Waals surface area (Å²) in [5.74, 6) is -0.413. The lowest BCUT2D eigenvalue weighted by Crippen LogP contribution is -2.10. The van der Waals surface area contributed by atoms with Gasteiger partial charge in [0.2, 0.25) is 0 Å². The fraction of sp³-hybridized carbons (Fsp3) is 0.214. The summed E-state index contributed by atoms with van der Waals surface area (Å²) in [5.41, 5.74) is 0.319. The van der Waals surface area contributed by atoms with Crippen LogP contribution in [0, 0.1) is 0 Å². The van der Waals surface area contributed by atoms with Crippen molar-refractivity contribution >= 4 is 29.5 Å². The van der Waals surface area contributed by atoms with Gasteiger partial charge in [-0.1, -0.05) is 41.7 Å². The maximum atomic E-state index is 12.0. The Morgan fingerprint density at radius 1 is 1.30 bits per heavy atom. The molecule has 4 nitrogen and oxygen atoms in total. The van der Waals surface area contributed by atoms with Gasteiger partial charge in [-0.2, -0.15) is 0 Å². The van der Waals surface area contributed by atoms with E-state index in [1.807, 2.05) is 36.6 Å². The number of rotatable bonds is 5. The SMILES string of the molecule is CCOC(=O)c1nc(SC)ncc1Sc1ccccc1. The smallest absolute Gasteiger partial charge is 0.358 e. The normalized spacial score (nSPS) is 10.3. The molecule has 0 amide bonds. The van der Waals surface area contributed by atoms with Gasteiger partial charge in [0.15, 0.2) is 10.9 Å². The Labute approximate surface area is 126 Å². The molecule has 0 aliphatic heterocycles. The van der Waals surface area contributed by atoms with Gasteiger partial charge >= 0.3 is 5.97 Å². The molecule has 0 fully saturated rings. The summed E-state index contributed by atoms with van der Waals surface area (Å²) in [6.07, 6.45) is 3.54. The summed E-state index contributed by atoms with van der Waals surface area (Å²) in [6, 6.07) is 9.79. The molecular weight excluding hydrogens is 292 g/mol. The third kappa shape index (κ3) is 3.74. The van der Waals surface area contributed by atoms with E-state index in [0.717, 1.165) is 4.90 Å². The number of carbonyl (C=O) groups is 1. The second-order valence-electron chi connectivity index (χ2n) is 3.71. The van der Waals surface area contributed by atoms with Gasteiger partial charge in [-0.3, -0.25) is 0 Å². The van der Waals surface area contributed by atoms with E-state index >= 15 is 0 Å². The van der Waals surface area contributed by atoms with Crippen molar-refractivity contribution in [3.63, 3.8) is 0 Å². The van der Waals surface area contributed by atoms with Crippen molar-refractivity contribution in [1.82, 2.24) is 9.97 Å². The van der Waals surface area contributed by atoms with Crippen molar-refractivity contribution in [1.29, 1.82) is 0 Å². The number of hydrogen-bond acceptors (Lipinski definition) is 6. The Bertz CT molecular complexity index is 591. The van der Waals surface area contributed by atoms with Gasteiger partial charge in [0, 0.05) is 11.1 Å². The average molecular weight is 306 g/mol. The molecule has 20 heavy (non-hydrogen) atoms. The number of carbonyl (C=O) groups excluding carboxylic acids is 1. The highest BCUT2D eigenvalue weighted by Gasteiger charge is 2.17. The fourth-order valence-electron chi connectivity index (χ4n) is 1.49. The summed E-state index contributed by atoms with van der Waals surface area (Å²) < 4.78 is 5.05. The third-order valence-electron chi connectivity index (χ3n) is 2.36. The van der Waals surface area contributed by atoms with E-state index in [1.165, 1.54) is 23.5 Å². The lowest BCUT2D eigenvalue weighted by Gasteiger charge is -2.08. The zero-order valence-corrected chi connectivity index (χ0v) is 12.8. The lowest BCUT2D eigenvalue weighted by molar-refractivity contribution is 0.0513. The fourth-order valence-corrected chi connectivity index (χ4v) is 2.71. The predicted molar refractivity (Wildman–Crippen MR) is 80.3 cm³/mol. The van der Waals surface area contributed by atoms with Crippen LogP contribution in [0.2, 0.25) is 0 Å². The molecule has 0 saturated carbocycles. The van der Waals surface area contributed by atoms with Crippen LogP contribution in [0.4, 0.5) is 0 Å². The van der Waals surface area contributed by atoms with Crippen LogP contribution in [0.5, 0.6) is 0 Å². The van der Waals surface area contributed by atoms with Crippen LogP contribution in [0.25, 0.3) is 0 Å². The second kappa shape index (κ2) is 7.31. The monoisotopic (exact) mass is 306 g/mol. The number of benzene rings is 1. The minimum absolute atomic E-state index is 0.319. The van der Waals surface area contributed by atoms with Crippen molar-refractivity contribution in [3.05, 3.63) is 42.2 Å². The van der Waals surface area contributed by atoms with Gasteiger partial charge in [-0.25, -0.2) is 14.8 Å². The van der Waals surface area contributed by atoms with Crippen molar-refractivity contribution in [3.8, 4) is 0 Å². The molecule has 1 aromatic carbocycles. The average Bonchev–Trinajstić information content (AvgIpc) is 2.49. The Balaban J connectivity index is 2.33. The first-order valence-electron chi connectivity index (χ1n) is 6.05. The van der Waals surface area contributed by atoms with Gasteiger partial charge in [0.1, 0.15) is 0 Å². The number of hydrogen-bond donors (Lipinski definition) is 0. The zero-order chi connectivity index (χ0) is 14.4. The van der Waals surface area contributed by atoms with E-state index in [1.54, 1.807) is 13.1 Å². The largest absolute Gasteiger partial charge is 0.461 e. The number of esters is 1. The van der Waals surface area contributed by atoms with E-state index in [-0.39, 0.29) is 0 Å². The van der Waals surface area contributed by atoms with Crippen LogP contribution in [-0.4, -0.2) is 28.8 Å². The van der Waals surface area contributed by atoms with Crippen LogP contribution in [0.1, 0.15) is 17.4 Å². The number of thioether (sulfide) groups is 1. The van der Waals surface area contributed by atoms with Gasteiger partial charge < -0.3 is 4.74 Å². The molecule has 6 heteroatoms. The molecule has 1 aromatic heterocycles. The lowest BCUT2D eigenvalue weighted by atomic mass is 10.4. The first-order valence-corrected chi connectivity index (χ1v) is 8.09. The van der Waals surface area contributed by atoms with E-state index < -0.39 is 5.97 Å². The molecule has 0 radical (unpaired) electrons. The summed E-state index contributed by atoms with van der Waals surface area (Å²) >= 11 is 2.85. The molecular formula is C14H14N2O2S2. The molecule has 2 rings (SSSR count). The molecule has 0 saturated heterocycles. The Morgan fingerprint density at radius 3 is 2.70 bits per heavy atom. The second-order valence-corrected chi connectivity index (χ2v) is 5.59. The van der Waals surface area contributed by atoms with Crippen LogP contribution >= 0.6 is 23.5 Å². The standard InChI is InChI=1S/C14H14N2O2S2/c1-3-18-13(17)12-11(9-15-14(16-12)19-2)20-10-7-5-4-6-8-10/h4-9H,3H2,1-2H3. The van der Waals surface area contributed by atoms with Crippen molar-refractivity contribution in [2.75, 3.05) is 12.9 Å². The molecule has 0 N–H and O–H groups in total. The molecule has 0 atom stereocenters. The van der Waals surface area contributed by atoms with Gasteiger partial charge in [0.05, 0.1) is 11.5 Å². The van der Waals surface area contributed by atoms with Gasteiger partial charge in [-0.05, 0) is 25.3 Å². The third-order valence-corrected chi connectivity index (χ3v) is 3.94. The molecule has 1 heterocycles. The summed E-state index contributed by atoms with van der Waals surface area (Å²) in [6.45, 7) is 2.10. The highest BCUT2D eigenvalue weighted by molar-refractivity contribution is 7.99. The molecule has 0 aliphatic carbocycles. The summed E-state index contributed by atoms with van der Waals surface area (Å²) in [5, 5.41) is 0.561. The first kappa shape index (κ1) is 14.9. The molecule has 0 spiro atoms. The summed E-state index contributed by atoms with van der Waals surface area (Å²) in [4.78, 5) is 22.2. The van der Waals surface area contributed by atoms with E-state index in [2.05, 4.69) is 9.97 Å². The van der Waals surface area contributed by atoms with E-state index in [0.29, 0.717) is 22.4 Å². The van der Waals surface area contributed by atoms with Crippen LogP contribution in [0.3, 0.4) is 0 Å². The quantitative estimate of drug-likeness (QED) is 0.478. The minimum atomic E-state index is -0.413. The zero-order valence-electron chi connectivity index (χ0n) is 11.2. The maximum Gasteiger partial charge on any atom is 0.358 e. The Hall–Kier alpha value is -1.53. The predicted octanol–water partition coefficient (Wildman–Crippen LogP) is 3.53. The van der Waals surface area contributed by atoms with Crippen molar-refractivity contribution in [2.24, 2.45) is 0 Å². The number of nitrogens with zero attached hydrogens (tertiary/aromatic N) is 2. The highest BCUT2D eigenvalue weighted by atomic mass is 32.2. The number of ether oxygens (including phenoxy) is 1. The van der Waals surface area contributed by atoms with Crippen molar-refractivity contribution < 1.29 is 9.53 Å². The first-order chi connectivity index (χ1) is 9.74. The minimum Gasteiger partial charge on any atom is -0.461 e. The molecule has 2 aromatic rings. The van der Waals surface area contributed by atoms with Crippen molar-refractivity contribution in [2.45, 2.75) is 21.9 Å².